The zero-order valence-electron chi connectivity index (χ0n) is 13.1. The molecule has 1 saturated carbocycles. The van der Waals surface area contributed by atoms with Crippen molar-refractivity contribution in [2.75, 3.05) is 6.54 Å². The Morgan fingerprint density at radius 3 is 2.38 bits per heavy atom. The Bertz CT molecular complexity index is 552. The van der Waals surface area contributed by atoms with E-state index in [0.29, 0.717) is 16.9 Å². The lowest BCUT2D eigenvalue weighted by Crippen LogP contribution is -2.26. The molecule has 4 nitrogen and oxygen atoms in total. The van der Waals surface area contributed by atoms with Crippen LogP contribution in [0, 0.1) is 5.92 Å². The molecular weight excluding hydrogens is 284 g/mol. The van der Waals surface area contributed by atoms with Gasteiger partial charge in [-0.2, -0.15) is 0 Å². The van der Waals surface area contributed by atoms with Gasteiger partial charge in [0, 0.05) is 12.1 Å². The Morgan fingerprint density at radius 2 is 1.86 bits per heavy atom. The third-order valence-corrected chi connectivity index (χ3v) is 5.35. The third kappa shape index (κ3) is 5.09. The van der Waals surface area contributed by atoms with E-state index in [1.165, 1.54) is 5.56 Å². The highest BCUT2D eigenvalue weighted by molar-refractivity contribution is 7.89. The molecule has 0 amide bonds. The Labute approximate surface area is 128 Å². The summed E-state index contributed by atoms with van der Waals surface area (Å²) in [5.74, 6) is 0.465. The predicted molar refractivity (Wildman–Crippen MR) is 85.8 cm³/mol. The van der Waals surface area contributed by atoms with Gasteiger partial charge in [0.25, 0.3) is 0 Å². The van der Waals surface area contributed by atoms with E-state index in [2.05, 4.69) is 30.8 Å². The van der Waals surface area contributed by atoms with E-state index in [9.17, 15) is 8.42 Å². The molecule has 1 aliphatic carbocycles. The molecule has 1 aromatic carbocycles. The monoisotopic (exact) mass is 310 g/mol. The molecule has 2 N–H and O–H groups in total. The fourth-order valence-corrected chi connectivity index (χ4v) is 3.63. The fraction of sp³-hybridized carbons (Fsp3) is 0.625. The number of hydrogen-bond acceptors (Lipinski definition) is 3. The van der Waals surface area contributed by atoms with Crippen LogP contribution >= 0.6 is 0 Å². The molecule has 2 atom stereocenters. The van der Waals surface area contributed by atoms with Crippen LogP contribution in [0.15, 0.2) is 29.2 Å². The number of hydrogen-bond donors (Lipinski definition) is 2. The van der Waals surface area contributed by atoms with E-state index in [-0.39, 0.29) is 6.04 Å². The topological polar surface area (TPSA) is 58.2 Å². The van der Waals surface area contributed by atoms with E-state index >= 15 is 0 Å². The quantitative estimate of drug-likeness (QED) is 0.724. The average molecular weight is 310 g/mol. The highest BCUT2D eigenvalue weighted by atomic mass is 32.2. The van der Waals surface area contributed by atoms with Crippen molar-refractivity contribution in [3.63, 3.8) is 0 Å². The van der Waals surface area contributed by atoms with Gasteiger partial charge in [0.15, 0.2) is 0 Å². The maximum atomic E-state index is 12.2. The van der Waals surface area contributed by atoms with Gasteiger partial charge in [0.1, 0.15) is 0 Å². The summed E-state index contributed by atoms with van der Waals surface area (Å²) in [7, 11) is -3.35. The maximum Gasteiger partial charge on any atom is 0.240 e. The molecule has 1 aromatic rings. The number of sulfonamides is 1. The first kappa shape index (κ1) is 16.5. The smallest absolute Gasteiger partial charge is 0.240 e. The van der Waals surface area contributed by atoms with Crippen LogP contribution in [-0.2, 0) is 16.4 Å². The number of rotatable bonds is 8. The summed E-state index contributed by atoms with van der Waals surface area (Å²) in [5, 5.41) is 3.38. The fourth-order valence-electron chi connectivity index (χ4n) is 2.27. The summed E-state index contributed by atoms with van der Waals surface area (Å²) < 4.78 is 27.1. The van der Waals surface area contributed by atoms with Crippen molar-refractivity contribution in [1.82, 2.24) is 10.0 Å². The van der Waals surface area contributed by atoms with Crippen molar-refractivity contribution in [2.45, 2.75) is 57.0 Å². The molecule has 0 bridgehead atoms. The van der Waals surface area contributed by atoms with Gasteiger partial charge in [-0.25, -0.2) is 13.1 Å². The second-order valence-corrected chi connectivity index (χ2v) is 8.01. The molecular formula is C16H26N2O2S. The molecule has 21 heavy (non-hydrogen) atoms. The molecule has 5 heteroatoms. The first-order valence-electron chi connectivity index (χ1n) is 7.73. The first-order valence-corrected chi connectivity index (χ1v) is 9.21. The van der Waals surface area contributed by atoms with Crippen LogP contribution in [0.1, 0.15) is 39.2 Å². The molecule has 2 rings (SSSR count). The number of aryl methyl sites for hydroxylation is 1. The van der Waals surface area contributed by atoms with Crippen molar-refractivity contribution in [2.24, 2.45) is 5.92 Å². The molecule has 118 valence electrons. The third-order valence-electron chi connectivity index (χ3n) is 3.84. The Morgan fingerprint density at radius 1 is 1.24 bits per heavy atom. The highest BCUT2D eigenvalue weighted by Gasteiger charge is 2.36. The van der Waals surface area contributed by atoms with Crippen molar-refractivity contribution < 1.29 is 8.42 Å². The molecule has 2 unspecified atom stereocenters. The van der Waals surface area contributed by atoms with Crippen LogP contribution < -0.4 is 10.0 Å². The summed E-state index contributed by atoms with van der Waals surface area (Å²) in [5.41, 5.74) is 1.18. The molecule has 0 aromatic heterocycles. The van der Waals surface area contributed by atoms with Crippen LogP contribution in [0.5, 0.6) is 0 Å². The van der Waals surface area contributed by atoms with Crippen molar-refractivity contribution in [1.29, 1.82) is 0 Å². The molecule has 0 radical (unpaired) electrons. The summed E-state index contributed by atoms with van der Waals surface area (Å²) in [6, 6.07) is 7.88. The standard InChI is InChI=1S/C16H26N2O2S/c1-12(2)17-10-4-5-14-6-8-15(9-7-14)21(19,20)18-16-11-13(16)3/h6-9,12-13,16-18H,4-5,10-11H2,1-3H3. The molecule has 1 aliphatic rings. The molecule has 0 saturated heterocycles. The van der Waals surface area contributed by atoms with E-state index in [1.54, 1.807) is 12.1 Å². The van der Waals surface area contributed by atoms with Gasteiger partial charge in [-0.15, -0.1) is 0 Å². The lowest BCUT2D eigenvalue weighted by atomic mass is 10.1. The zero-order chi connectivity index (χ0) is 15.5. The summed E-state index contributed by atoms with van der Waals surface area (Å²) in [6.07, 6.45) is 2.97. The van der Waals surface area contributed by atoms with Gasteiger partial charge in [-0.3, -0.25) is 0 Å². The maximum absolute atomic E-state index is 12.2. The van der Waals surface area contributed by atoms with Gasteiger partial charge < -0.3 is 5.32 Å². The molecule has 1 fully saturated rings. The molecule has 0 aliphatic heterocycles. The second-order valence-electron chi connectivity index (χ2n) is 6.30. The van der Waals surface area contributed by atoms with Crippen molar-refractivity contribution in [3.8, 4) is 0 Å². The SMILES string of the molecule is CC(C)NCCCc1ccc(S(=O)(=O)NC2CC2C)cc1. The minimum atomic E-state index is -3.35. The Balaban J connectivity index is 1.86. The van der Waals surface area contributed by atoms with E-state index in [0.717, 1.165) is 25.8 Å². The lowest BCUT2D eigenvalue weighted by molar-refractivity contribution is 0.570. The zero-order valence-corrected chi connectivity index (χ0v) is 13.9. The Kier molecular flexibility index (Phi) is 5.41. The minimum Gasteiger partial charge on any atom is -0.315 e. The van der Waals surface area contributed by atoms with Crippen LogP contribution in [0.4, 0.5) is 0 Å². The van der Waals surface area contributed by atoms with E-state index < -0.39 is 10.0 Å². The first-order chi connectivity index (χ1) is 9.88. The van der Waals surface area contributed by atoms with Crippen molar-refractivity contribution in [3.05, 3.63) is 29.8 Å². The summed E-state index contributed by atoms with van der Waals surface area (Å²) in [6.45, 7) is 7.31. The van der Waals surface area contributed by atoms with E-state index in [4.69, 9.17) is 0 Å². The van der Waals surface area contributed by atoms with E-state index in [1.807, 2.05) is 12.1 Å². The van der Waals surface area contributed by atoms with Crippen LogP contribution in [0.25, 0.3) is 0 Å². The van der Waals surface area contributed by atoms with Crippen LogP contribution in [-0.4, -0.2) is 27.0 Å². The number of benzene rings is 1. The van der Waals surface area contributed by atoms with Crippen LogP contribution in [0.3, 0.4) is 0 Å². The lowest BCUT2D eigenvalue weighted by Gasteiger charge is -2.09. The predicted octanol–water partition coefficient (Wildman–Crippen LogP) is 2.30. The number of nitrogens with one attached hydrogen (secondary N) is 2. The van der Waals surface area contributed by atoms with Crippen LogP contribution in [0.2, 0.25) is 0 Å². The van der Waals surface area contributed by atoms with Gasteiger partial charge in [-0.05, 0) is 49.4 Å². The van der Waals surface area contributed by atoms with Crippen molar-refractivity contribution >= 4 is 10.0 Å². The summed E-state index contributed by atoms with van der Waals surface area (Å²) in [4.78, 5) is 0.366. The largest absolute Gasteiger partial charge is 0.315 e. The highest BCUT2D eigenvalue weighted by Crippen LogP contribution is 2.30. The normalized spacial score (nSPS) is 21.7. The molecule has 0 spiro atoms. The Hall–Kier alpha value is -0.910. The minimum absolute atomic E-state index is 0.122. The molecule has 0 heterocycles. The van der Waals surface area contributed by atoms with Gasteiger partial charge >= 0.3 is 0 Å². The second kappa shape index (κ2) is 6.90. The van der Waals surface area contributed by atoms with Gasteiger partial charge in [0.2, 0.25) is 10.0 Å². The average Bonchev–Trinajstić information content (AvgIpc) is 3.09. The van der Waals surface area contributed by atoms with Gasteiger partial charge in [-0.1, -0.05) is 32.9 Å². The van der Waals surface area contributed by atoms with Gasteiger partial charge in [0.05, 0.1) is 4.90 Å². The summed E-state index contributed by atoms with van der Waals surface area (Å²) >= 11 is 0.